The van der Waals surface area contributed by atoms with Gasteiger partial charge in [-0.15, -0.1) is 0 Å². The van der Waals surface area contributed by atoms with Gasteiger partial charge in [0.05, 0.1) is 11.4 Å². The van der Waals surface area contributed by atoms with E-state index in [0.717, 1.165) is 41.5 Å². The van der Waals surface area contributed by atoms with Crippen molar-refractivity contribution in [2.24, 2.45) is 10.8 Å². The molecule has 0 saturated heterocycles. The van der Waals surface area contributed by atoms with E-state index >= 15 is 0 Å². The number of anilines is 1. The van der Waals surface area contributed by atoms with Crippen LogP contribution in [0.2, 0.25) is 0 Å². The summed E-state index contributed by atoms with van der Waals surface area (Å²) in [6.45, 7) is 14.0. The number of benzene rings is 1. The summed E-state index contributed by atoms with van der Waals surface area (Å²) in [6, 6.07) is 10.2. The maximum Gasteiger partial charge on any atom is 0.225 e. The highest BCUT2D eigenvalue weighted by molar-refractivity contribution is 5.40. The summed E-state index contributed by atoms with van der Waals surface area (Å²) in [7, 11) is 3.95. The maximum absolute atomic E-state index is 6.22. The molecule has 1 aromatic carbocycles. The van der Waals surface area contributed by atoms with E-state index in [-0.39, 0.29) is 10.8 Å². The molecule has 4 heteroatoms. The fourth-order valence-corrected chi connectivity index (χ4v) is 3.79. The van der Waals surface area contributed by atoms with Crippen LogP contribution >= 0.6 is 0 Å². The second kappa shape index (κ2) is 8.28. The Balaban J connectivity index is 2.33. The molecule has 2 rings (SSSR count). The molecule has 0 amide bonds. The van der Waals surface area contributed by atoms with Gasteiger partial charge in [-0.25, -0.2) is 9.97 Å². The van der Waals surface area contributed by atoms with Crippen LogP contribution in [0.3, 0.4) is 0 Å². The number of aromatic nitrogens is 2. The van der Waals surface area contributed by atoms with E-state index in [9.17, 15) is 0 Å². The van der Waals surface area contributed by atoms with Crippen molar-refractivity contribution in [2.45, 2.75) is 61.0 Å². The molecule has 0 radical (unpaired) electrons. The largest absolute Gasteiger partial charge is 0.485 e. The molecule has 148 valence electrons. The second-order valence-electron chi connectivity index (χ2n) is 9.63. The Kier molecular flexibility index (Phi) is 6.50. The lowest BCUT2D eigenvalue weighted by Crippen LogP contribution is -2.25. The zero-order valence-corrected chi connectivity index (χ0v) is 18.3. The lowest BCUT2D eigenvalue weighted by atomic mass is 9.74. The van der Waals surface area contributed by atoms with E-state index in [1.807, 2.05) is 44.1 Å². The quantitative estimate of drug-likeness (QED) is 0.652. The van der Waals surface area contributed by atoms with Crippen LogP contribution in [0.5, 0.6) is 5.75 Å². The number of ether oxygens (including phenoxy) is 1. The first kappa shape index (κ1) is 21.2. The van der Waals surface area contributed by atoms with Crippen molar-refractivity contribution in [1.29, 1.82) is 0 Å². The van der Waals surface area contributed by atoms with Gasteiger partial charge in [-0.2, -0.15) is 0 Å². The number of nitrogens with zero attached hydrogens (tertiary/aromatic N) is 3. The van der Waals surface area contributed by atoms with Crippen LogP contribution in [-0.2, 0) is 13.0 Å². The van der Waals surface area contributed by atoms with E-state index < -0.39 is 0 Å². The third-order valence-corrected chi connectivity index (χ3v) is 4.37. The first-order chi connectivity index (χ1) is 12.5. The Morgan fingerprint density at radius 2 is 1.59 bits per heavy atom. The first-order valence-electron chi connectivity index (χ1n) is 9.68. The van der Waals surface area contributed by atoms with Crippen molar-refractivity contribution < 1.29 is 4.74 Å². The van der Waals surface area contributed by atoms with Crippen LogP contribution < -0.4 is 9.64 Å². The van der Waals surface area contributed by atoms with Crippen LogP contribution in [0, 0.1) is 17.8 Å². The number of hydrogen-bond acceptors (Lipinski definition) is 4. The minimum atomic E-state index is 0.119. The van der Waals surface area contributed by atoms with E-state index in [4.69, 9.17) is 9.72 Å². The van der Waals surface area contributed by atoms with Gasteiger partial charge in [0.15, 0.2) is 5.75 Å². The lowest BCUT2D eigenvalue weighted by Gasteiger charge is -2.33. The van der Waals surface area contributed by atoms with Crippen molar-refractivity contribution in [1.82, 2.24) is 9.97 Å². The minimum Gasteiger partial charge on any atom is -0.485 e. The second-order valence-corrected chi connectivity index (χ2v) is 9.63. The van der Waals surface area contributed by atoms with Crippen LogP contribution in [0.25, 0.3) is 0 Å². The molecule has 0 unspecified atom stereocenters. The Bertz CT molecular complexity index is 746. The van der Waals surface area contributed by atoms with Crippen molar-refractivity contribution in [2.75, 3.05) is 19.0 Å². The van der Waals surface area contributed by atoms with E-state index in [0.29, 0.717) is 6.61 Å². The topological polar surface area (TPSA) is 38.2 Å². The predicted octanol–water partition coefficient (Wildman–Crippen LogP) is 5.43. The zero-order valence-electron chi connectivity index (χ0n) is 18.3. The van der Waals surface area contributed by atoms with Crippen LogP contribution in [0.4, 0.5) is 5.95 Å². The Morgan fingerprint density at radius 1 is 0.963 bits per heavy atom. The molecule has 0 aliphatic carbocycles. The molecule has 0 N–H and O–H groups in total. The van der Waals surface area contributed by atoms with Crippen molar-refractivity contribution in [3.8, 4) is 5.75 Å². The van der Waals surface area contributed by atoms with E-state index in [2.05, 4.69) is 51.7 Å². The van der Waals surface area contributed by atoms with Gasteiger partial charge in [0, 0.05) is 14.1 Å². The van der Waals surface area contributed by atoms with Crippen molar-refractivity contribution >= 4 is 5.95 Å². The van der Waals surface area contributed by atoms with Gasteiger partial charge in [-0.05, 0) is 36.2 Å². The summed E-state index contributed by atoms with van der Waals surface area (Å²) in [4.78, 5) is 11.4. The summed E-state index contributed by atoms with van der Waals surface area (Å²) < 4.78 is 6.22. The summed E-state index contributed by atoms with van der Waals surface area (Å²) >= 11 is 0. The highest BCUT2D eigenvalue weighted by Gasteiger charge is 2.28. The first-order valence-corrected chi connectivity index (χ1v) is 9.68. The normalized spacial score (nSPS) is 12.1. The number of rotatable bonds is 7. The summed E-state index contributed by atoms with van der Waals surface area (Å²) in [6.07, 6.45) is 1.97. The zero-order chi connectivity index (χ0) is 20.2. The Hall–Kier alpha value is -2.10. The van der Waals surface area contributed by atoms with Gasteiger partial charge >= 0.3 is 0 Å². The Labute approximate surface area is 165 Å². The molecule has 1 heterocycles. The van der Waals surface area contributed by atoms with Crippen molar-refractivity contribution in [3.05, 3.63) is 47.3 Å². The molecule has 1 aromatic heterocycles. The number of hydrogen-bond donors (Lipinski definition) is 0. The van der Waals surface area contributed by atoms with Crippen LogP contribution in [0.15, 0.2) is 30.3 Å². The average molecular weight is 370 g/mol. The molecule has 27 heavy (non-hydrogen) atoms. The highest BCUT2D eigenvalue weighted by atomic mass is 16.5. The van der Waals surface area contributed by atoms with E-state index in [1.54, 1.807) is 0 Å². The summed E-state index contributed by atoms with van der Waals surface area (Å²) in [5, 5.41) is 0. The standard InChI is InChI=1S/C23H35N3O/c1-17-20(27-15-18-12-10-9-11-13-18)19(25-21(24-17)26(7)8)14-23(5,6)16-22(2,3)4/h9-13H,14-16H2,1-8H3. The molecule has 0 saturated carbocycles. The fraction of sp³-hybridized carbons (Fsp3) is 0.565. The molecule has 0 aliphatic rings. The van der Waals surface area contributed by atoms with Gasteiger partial charge in [0.2, 0.25) is 5.95 Å². The minimum absolute atomic E-state index is 0.119. The molecule has 0 spiro atoms. The third kappa shape index (κ3) is 6.53. The third-order valence-electron chi connectivity index (χ3n) is 4.37. The van der Waals surface area contributed by atoms with Gasteiger partial charge in [-0.3, -0.25) is 0 Å². The van der Waals surface area contributed by atoms with Crippen molar-refractivity contribution in [3.63, 3.8) is 0 Å². The summed E-state index contributed by atoms with van der Waals surface area (Å²) in [5.74, 6) is 1.56. The molecule has 0 atom stereocenters. The molecular formula is C23H35N3O. The van der Waals surface area contributed by atoms with Crippen LogP contribution in [-0.4, -0.2) is 24.1 Å². The van der Waals surface area contributed by atoms with Gasteiger partial charge < -0.3 is 9.64 Å². The lowest BCUT2D eigenvalue weighted by molar-refractivity contribution is 0.206. The SMILES string of the molecule is Cc1nc(N(C)C)nc(CC(C)(C)CC(C)(C)C)c1OCc1ccccc1. The predicted molar refractivity (Wildman–Crippen MR) is 113 cm³/mol. The molecule has 0 fully saturated rings. The maximum atomic E-state index is 6.22. The summed E-state index contributed by atoms with van der Waals surface area (Å²) in [5.41, 5.74) is 3.42. The monoisotopic (exact) mass is 369 g/mol. The molecule has 0 bridgehead atoms. The molecule has 2 aromatic rings. The van der Waals surface area contributed by atoms with E-state index in [1.165, 1.54) is 0 Å². The smallest absolute Gasteiger partial charge is 0.225 e. The molecular weight excluding hydrogens is 334 g/mol. The average Bonchev–Trinajstić information content (AvgIpc) is 2.52. The highest BCUT2D eigenvalue weighted by Crippen LogP contribution is 2.38. The van der Waals surface area contributed by atoms with Gasteiger partial charge in [-0.1, -0.05) is 65.0 Å². The fourth-order valence-electron chi connectivity index (χ4n) is 3.79. The molecule has 4 nitrogen and oxygen atoms in total. The number of aryl methyl sites for hydroxylation is 1. The van der Waals surface area contributed by atoms with Gasteiger partial charge in [0.25, 0.3) is 0 Å². The van der Waals surface area contributed by atoms with Crippen LogP contribution in [0.1, 0.15) is 58.0 Å². The van der Waals surface area contributed by atoms with Gasteiger partial charge in [0.1, 0.15) is 6.61 Å². The Morgan fingerprint density at radius 3 is 2.15 bits per heavy atom. The molecule has 0 aliphatic heterocycles.